The van der Waals surface area contributed by atoms with Crippen LogP contribution in [0.15, 0.2) is 155 Å². The van der Waals surface area contributed by atoms with E-state index in [0.29, 0.717) is 0 Å². The third-order valence-electron chi connectivity index (χ3n) is 9.89. The summed E-state index contributed by atoms with van der Waals surface area (Å²) in [6, 6.07) is 54.2. The predicted molar refractivity (Wildman–Crippen MR) is 243 cm³/mol. The molecule has 0 unspecified atom stereocenters. The zero-order valence-electron chi connectivity index (χ0n) is 33.0. The molecule has 6 aromatic rings. The number of unbranched alkanes of at least 4 members (excludes halogenated alkanes) is 2. The molecule has 0 fully saturated rings. The molecular formula is C50H56N2S2+2. The highest BCUT2D eigenvalue weighted by Crippen LogP contribution is 2.38. The van der Waals surface area contributed by atoms with E-state index in [-0.39, 0.29) is 21.8 Å². The van der Waals surface area contributed by atoms with Crippen LogP contribution in [-0.2, 0) is 34.6 Å². The van der Waals surface area contributed by atoms with Crippen molar-refractivity contribution in [3.63, 3.8) is 0 Å². The highest BCUT2D eigenvalue weighted by atomic mass is 32.2. The maximum Gasteiger partial charge on any atom is 0.156 e. The first-order chi connectivity index (χ1) is 26.3. The van der Waals surface area contributed by atoms with Gasteiger partial charge in [0, 0.05) is 56.7 Å². The van der Waals surface area contributed by atoms with E-state index in [1.165, 1.54) is 80.5 Å². The zero-order chi connectivity index (χ0) is 37.9. The lowest BCUT2D eigenvalue weighted by Crippen LogP contribution is -2.11. The van der Waals surface area contributed by atoms with Crippen LogP contribution in [0.1, 0.15) is 61.8 Å². The lowest BCUT2D eigenvalue weighted by atomic mass is 10.1. The van der Waals surface area contributed by atoms with Crippen molar-refractivity contribution < 1.29 is 0 Å². The molecule has 4 heteroatoms. The molecule has 0 bridgehead atoms. The van der Waals surface area contributed by atoms with Crippen molar-refractivity contribution in [1.82, 2.24) is 0 Å². The molecule has 6 aromatic carbocycles. The Labute approximate surface area is 331 Å². The lowest BCUT2D eigenvalue weighted by Gasteiger charge is -2.26. The Morgan fingerprint density at radius 2 is 0.741 bits per heavy atom. The molecule has 0 aliphatic rings. The van der Waals surface area contributed by atoms with Gasteiger partial charge in [0.1, 0.15) is 25.0 Å². The fourth-order valence-corrected chi connectivity index (χ4v) is 8.11. The first kappa shape index (κ1) is 39.1. The quantitative estimate of drug-likeness (QED) is 0.0718. The van der Waals surface area contributed by atoms with E-state index < -0.39 is 0 Å². The largest absolute Gasteiger partial charge is 0.310 e. The van der Waals surface area contributed by atoms with E-state index in [1.807, 2.05) is 0 Å². The van der Waals surface area contributed by atoms with Crippen molar-refractivity contribution in [3.05, 3.63) is 168 Å². The van der Waals surface area contributed by atoms with Crippen LogP contribution in [-0.4, -0.2) is 25.0 Å². The Bertz CT molecular complexity index is 1930. The molecule has 0 atom stereocenters. The van der Waals surface area contributed by atoms with E-state index in [9.17, 15) is 0 Å². The van der Waals surface area contributed by atoms with Gasteiger partial charge >= 0.3 is 0 Å². The Morgan fingerprint density at radius 3 is 1.06 bits per heavy atom. The minimum absolute atomic E-state index is 0.182. The first-order valence-corrected chi connectivity index (χ1v) is 23.4. The van der Waals surface area contributed by atoms with Crippen molar-refractivity contribution in [2.75, 3.05) is 34.8 Å². The molecule has 0 radical (unpaired) electrons. The van der Waals surface area contributed by atoms with Crippen molar-refractivity contribution >= 4 is 68.1 Å². The van der Waals surface area contributed by atoms with E-state index in [1.54, 1.807) is 0 Å². The fraction of sp³-hybridized carbons (Fsp3) is 0.240. The summed E-state index contributed by atoms with van der Waals surface area (Å²) in [5.41, 5.74) is 12.2. The van der Waals surface area contributed by atoms with Gasteiger partial charge in [0.25, 0.3) is 0 Å². The molecule has 0 amide bonds. The normalized spacial score (nSPS) is 11.5. The molecule has 0 aromatic heterocycles. The molecule has 0 aliphatic carbocycles. The monoisotopic (exact) mass is 748 g/mol. The highest BCUT2D eigenvalue weighted by Gasteiger charge is 2.18. The maximum atomic E-state index is 2.38. The Balaban J connectivity index is 1.24. The van der Waals surface area contributed by atoms with E-state index in [0.717, 1.165) is 24.2 Å². The van der Waals surface area contributed by atoms with Gasteiger partial charge in [-0.2, -0.15) is 0 Å². The number of benzene rings is 6. The summed E-state index contributed by atoms with van der Waals surface area (Å²) < 4.78 is 0. The van der Waals surface area contributed by atoms with Crippen molar-refractivity contribution in [3.8, 4) is 0 Å². The van der Waals surface area contributed by atoms with Crippen LogP contribution >= 0.6 is 0 Å². The molecule has 54 heavy (non-hydrogen) atoms. The van der Waals surface area contributed by atoms with Gasteiger partial charge in [0.15, 0.2) is 9.79 Å². The molecule has 6 rings (SSSR count). The standard InChI is InChI=1S/C50H56N2S2/c1-7-9-13-39-21-29-43(30-22-39)51(47-15-11-17-49(37-47)53(3)4)45-33-25-41(26-34-45)19-20-42-27-35-46(36-28-42)52(48-16-12-18-50(38-48)54(5)6)44-31-23-40(24-32-44)14-10-8-2/h11-12,15-38H,7-10,13-14H2,1-6H3/q+2/b20-19+. The second-order valence-corrected chi connectivity index (χ2v) is 18.6. The van der Waals surface area contributed by atoms with Gasteiger partial charge in [-0.3, -0.25) is 0 Å². The minimum Gasteiger partial charge on any atom is -0.310 e. The van der Waals surface area contributed by atoms with Gasteiger partial charge in [-0.25, -0.2) is 0 Å². The van der Waals surface area contributed by atoms with Gasteiger partial charge in [-0.15, -0.1) is 0 Å². The Kier molecular flexibility index (Phi) is 13.8. The zero-order valence-corrected chi connectivity index (χ0v) is 34.6. The van der Waals surface area contributed by atoms with Gasteiger partial charge in [0.2, 0.25) is 0 Å². The number of hydrogen-bond acceptors (Lipinski definition) is 2. The molecule has 0 saturated carbocycles. The van der Waals surface area contributed by atoms with E-state index in [4.69, 9.17) is 0 Å². The van der Waals surface area contributed by atoms with Crippen LogP contribution in [0.2, 0.25) is 0 Å². The first-order valence-electron chi connectivity index (χ1n) is 19.3. The summed E-state index contributed by atoms with van der Waals surface area (Å²) in [5, 5.41) is 0. The van der Waals surface area contributed by atoms with Crippen LogP contribution in [0.4, 0.5) is 34.1 Å². The summed E-state index contributed by atoms with van der Waals surface area (Å²) in [6.07, 6.45) is 20.7. The average Bonchev–Trinajstić information content (AvgIpc) is 3.21. The number of rotatable bonds is 16. The molecule has 0 spiro atoms. The fourth-order valence-electron chi connectivity index (χ4n) is 6.69. The van der Waals surface area contributed by atoms with Crippen LogP contribution < -0.4 is 9.80 Å². The summed E-state index contributed by atoms with van der Waals surface area (Å²) >= 11 is 0. The molecule has 2 nitrogen and oxygen atoms in total. The van der Waals surface area contributed by atoms with Gasteiger partial charge in [-0.05, 0) is 121 Å². The summed E-state index contributed by atoms with van der Waals surface area (Å²) in [5.74, 6) is 0. The maximum absolute atomic E-state index is 2.38. The molecular weight excluding hydrogens is 693 g/mol. The number of anilines is 6. The molecule has 0 saturated heterocycles. The highest BCUT2D eigenvalue weighted by molar-refractivity contribution is 7.95. The van der Waals surface area contributed by atoms with Crippen molar-refractivity contribution in [2.24, 2.45) is 0 Å². The smallest absolute Gasteiger partial charge is 0.156 e. The van der Waals surface area contributed by atoms with Crippen molar-refractivity contribution in [2.45, 2.75) is 62.2 Å². The predicted octanol–water partition coefficient (Wildman–Crippen LogP) is 14.0. The third kappa shape index (κ3) is 10.1. The van der Waals surface area contributed by atoms with Gasteiger partial charge in [-0.1, -0.05) is 99.5 Å². The average molecular weight is 749 g/mol. The molecule has 0 heterocycles. The SMILES string of the molecule is CCCCc1ccc(N(c2ccc(/C=C/c3ccc(N(c4ccc(CCCC)cc4)c4cccc([S+](C)C)c4)cc3)cc2)c2cccc([S+](C)C)c2)cc1. The summed E-state index contributed by atoms with van der Waals surface area (Å²) in [7, 11) is 0.364. The van der Waals surface area contributed by atoms with Crippen LogP contribution in [0.5, 0.6) is 0 Å². The molecule has 276 valence electrons. The number of hydrogen-bond donors (Lipinski definition) is 0. The summed E-state index contributed by atoms with van der Waals surface area (Å²) in [6.45, 7) is 4.51. The van der Waals surface area contributed by atoms with Crippen LogP contribution in [0.25, 0.3) is 12.2 Å². The molecule has 0 aliphatic heterocycles. The van der Waals surface area contributed by atoms with E-state index >= 15 is 0 Å². The van der Waals surface area contributed by atoms with Gasteiger partial charge in [0.05, 0.1) is 11.4 Å². The number of aryl methyl sites for hydroxylation is 2. The van der Waals surface area contributed by atoms with Crippen LogP contribution in [0, 0.1) is 0 Å². The number of nitrogens with zero attached hydrogens (tertiary/aromatic N) is 2. The van der Waals surface area contributed by atoms with Crippen LogP contribution in [0.3, 0.4) is 0 Å². The Hall–Kier alpha value is -4.64. The minimum atomic E-state index is 0.182. The van der Waals surface area contributed by atoms with E-state index in [2.05, 4.69) is 206 Å². The second-order valence-electron chi connectivity index (χ2n) is 14.4. The summed E-state index contributed by atoms with van der Waals surface area (Å²) in [4.78, 5) is 7.51. The third-order valence-corrected chi connectivity index (χ3v) is 12.3. The van der Waals surface area contributed by atoms with Crippen molar-refractivity contribution in [1.29, 1.82) is 0 Å². The molecule has 0 N–H and O–H groups in total. The lowest BCUT2D eigenvalue weighted by molar-refractivity contribution is 0.795. The van der Waals surface area contributed by atoms with Gasteiger partial charge < -0.3 is 9.80 Å². The Morgan fingerprint density at radius 1 is 0.407 bits per heavy atom. The topological polar surface area (TPSA) is 6.48 Å². The second kappa shape index (κ2) is 19.1.